The Labute approximate surface area is 78.8 Å². The lowest BCUT2D eigenvalue weighted by atomic mass is 10.4. The monoisotopic (exact) mass is 211 g/mol. The molecule has 0 aromatic heterocycles. The summed E-state index contributed by atoms with van der Waals surface area (Å²) in [5.74, 6) is -2.17. The van der Waals surface area contributed by atoms with Gasteiger partial charge in [0.1, 0.15) is 5.75 Å². The molecule has 0 aliphatic carbocycles. The molecule has 0 unspecified atom stereocenters. The van der Waals surface area contributed by atoms with Crippen LogP contribution in [-0.2, 0) is 19.6 Å². The summed E-state index contributed by atoms with van der Waals surface area (Å²) in [4.78, 5) is 0. The molecule has 79 valence electrons. The van der Waals surface area contributed by atoms with Crippen LogP contribution < -0.4 is 0 Å². The molecule has 1 radical (unpaired) electrons. The fourth-order valence-corrected chi connectivity index (χ4v) is 1.65. The van der Waals surface area contributed by atoms with Crippen molar-refractivity contribution in [3.8, 4) is 0 Å². The molecule has 0 rings (SSSR count). The first-order valence-corrected chi connectivity index (χ1v) is 5.52. The average molecular weight is 211 g/mol. The normalized spacial score (nSPS) is 13.2. The topological polar surface area (TPSA) is 72.8 Å². The van der Waals surface area contributed by atoms with E-state index in [2.05, 4.69) is 6.92 Å². The van der Waals surface area contributed by atoms with E-state index in [9.17, 15) is 8.42 Å². The number of rotatable bonds is 6. The highest BCUT2D eigenvalue weighted by molar-refractivity contribution is 7.85. The van der Waals surface area contributed by atoms with Crippen LogP contribution in [0.15, 0.2) is 0 Å². The Morgan fingerprint density at radius 1 is 1.31 bits per heavy atom. The molecule has 0 heterocycles. The molecular formula is C7H15O5S. The molecule has 0 saturated heterocycles. The van der Waals surface area contributed by atoms with Crippen LogP contribution in [0.3, 0.4) is 0 Å². The van der Waals surface area contributed by atoms with Crippen LogP contribution in [0.25, 0.3) is 0 Å². The first kappa shape index (κ1) is 12.8. The Bertz CT molecular complexity index is 227. The highest BCUT2D eigenvalue weighted by atomic mass is 32.2. The van der Waals surface area contributed by atoms with Gasteiger partial charge in [-0.15, -0.1) is 0 Å². The highest BCUT2D eigenvalue weighted by Crippen LogP contribution is 2.14. The van der Waals surface area contributed by atoms with Gasteiger partial charge in [-0.05, 0) is 13.8 Å². The van der Waals surface area contributed by atoms with E-state index in [1.54, 1.807) is 13.8 Å². The Morgan fingerprint density at radius 2 is 1.69 bits per heavy atom. The minimum atomic E-state index is -4.14. The fraction of sp³-hybridized carbons (Fsp3) is 0.857. The summed E-state index contributed by atoms with van der Waals surface area (Å²) in [6.07, 6.45) is 0. The van der Waals surface area contributed by atoms with E-state index in [4.69, 9.17) is 14.0 Å². The molecule has 0 bridgehead atoms. The van der Waals surface area contributed by atoms with Crippen LogP contribution in [0.4, 0.5) is 0 Å². The van der Waals surface area contributed by atoms with Crippen LogP contribution in [0.2, 0.25) is 0 Å². The predicted octanol–water partition coefficient (Wildman–Crippen LogP) is 0.478. The van der Waals surface area contributed by atoms with Gasteiger partial charge in [0, 0.05) is 20.1 Å². The minimum Gasteiger partial charge on any atom is -0.349 e. The van der Waals surface area contributed by atoms with E-state index in [1.807, 2.05) is 0 Å². The molecule has 0 amide bonds. The Hall–Kier alpha value is -0.170. The Balaban J connectivity index is 4.40. The third kappa shape index (κ3) is 5.98. The van der Waals surface area contributed by atoms with Crippen molar-refractivity contribution in [3.05, 3.63) is 6.92 Å². The zero-order chi connectivity index (χ0) is 10.5. The molecule has 5 nitrogen and oxygen atoms in total. The largest absolute Gasteiger partial charge is 0.349 e. The quantitative estimate of drug-likeness (QED) is 0.511. The van der Waals surface area contributed by atoms with E-state index < -0.39 is 21.7 Å². The maximum absolute atomic E-state index is 10.6. The minimum absolute atomic E-state index is 0.263. The highest BCUT2D eigenvalue weighted by Gasteiger charge is 2.31. The van der Waals surface area contributed by atoms with Crippen molar-refractivity contribution in [2.75, 3.05) is 19.0 Å². The van der Waals surface area contributed by atoms with Gasteiger partial charge in [-0.1, -0.05) is 0 Å². The van der Waals surface area contributed by atoms with E-state index in [0.717, 1.165) is 0 Å². The number of ether oxygens (including phenoxy) is 2. The molecule has 6 heteroatoms. The second-order valence-electron chi connectivity index (χ2n) is 2.50. The first-order chi connectivity index (χ1) is 5.83. The standard InChI is InChI=1S/C7H15O5S/c1-4-11-7(3,12-5-2)6-13(8,9)10/h3-6H2,1-2H3,(H,8,9,10). The molecule has 0 fully saturated rings. The van der Waals surface area contributed by atoms with Crippen LogP contribution in [-0.4, -0.2) is 37.7 Å². The van der Waals surface area contributed by atoms with Gasteiger partial charge in [0.2, 0.25) is 0 Å². The maximum atomic E-state index is 10.6. The van der Waals surface area contributed by atoms with Crippen molar-refractivity contribution >= 4 is 10.1 Å². The summed E-state index contributed by atoms with van der Waals surface area (Å²) in [7, 11) is -4.14. The Kier molecular flexibility index (Phi) is 4.83. The second kappa shape index (κ2) is 4.90. The van der Waals surface area contributed by atoms with Gasteiger partial charge in [0.05, 0.1) is 0 Å². The van der Waals surface area contributed by atoms with Crippen molar-refractivity contribution < 1.29 is 22.4 Å². The van der Waals surface area contributed by atoms with Crippen molar-refractivity contribution in [3.63, 3.8) is 0 Å². The molecule has 0 atom stereocenters. The van der Waals surface area contributed by atoms with Crippen LogP contribution in [0.5, 0.6) is 0 Å². The van der Waals surface area contributed by atoms with E-state index >= 15 is 0 Å². The predicted molar refractivity (Wildman–Crippen MR) is 47.8 cm³/mol. The summed E-state index contributed by atoms with van der Waals surface area (Å²) in [6, 6.07) is 0. The molecule has 0 aromatic rings. The Morgan fingerprint density at radius 3 is 1.92 bits per heavy atom. The van der Waals surface area contributed by atoms with Crippen molar-refractivity contribution in [2.45, 2.75) is 19.6 Å². The lowest BCUT2D eigenvalue weighted by Gasteiger charge is -2.27. The third-order valence-corrected chi connectivity index (χ3v) is 2.02. The zero-order valence-electron chi connectivity index (χ0n) is 7.82. The third-order valence-electron chi connectivity index (χ3n) is 1.22. The summed E-state index contributed by atoms with van der Waals surface area (Å²) in [5.41, 5.74) is 0. The van der Waals surface area contributed by atoms with Gasteiger partial charge in [-0.25, -0.2) is 0 Å². The summed E-state index contributed by atoms with van der Waals surface area (Å²) < 4.78 is 39.6. The molecule has 0 aliphatic rings. The summed E-state index contributed by atoms with van der Waals surface area (Å²) >= 11 is 0. The van der Waals surface area contributed by atoms with Gasteiger partial charge >= 0.3 is 0 Å². The molecule has 1 N–H and O–H groups in total. The average Bonchev–Trinajstić information content (AvgIpc) is 1.82. The summed E-state index contributed by atoms with van der Waals surface area (Å²) in [5, 5.41) is 0. The molecule has 13 heavy (non-hydrogen) atoms. The van der Waals surface area contributed by atoms with Crippen LogP contribution in [0, 0.1) is 6.92 Å². The van der Waals surface area contributed by atoms with E-state index in [0.29, 0.717) is 0 Å². The van der Waals surface area contributed by atoms with Crippen molar-refractivity contribution in [2.24, 2.45) is 0 Å². The lowest BCUT2D eigenvalue weighted by Crippen LogP contribution is -2.40. The maximum Gasteiger partial charge on any atom is 0.270 e. The van der Waals surface area contributed by atoms with Crippen LogP contribution >= 0.6 is 0 Å². The smallest absolute Gasteiger partial charge is 0.270 e. The van der Waals surface area contributed by atoms with Gasteiger partial charge < -0.3 is 9.47 Å². The van der Waals surface area contributed by atoms with Crippen molar-refractivity contribution in [1.29, 1.82) is 0 Å². The molecular weight excluding hydrogens is 196 g/mol. The van der Waals surface area contributed by atoms with Gasteiger partial charge in [0.15, 0.2) is 5.79 Å². The van der Waals surface area contributed by atoms with Gasteiger partial charge in [0.25, 0.3) is 10.1 Å². The molecule has 0 aromatic carbocycles. The zero-order valence-corrected chi connectivity index (χ0v) is 8.63. The number of hydrogen-bond donors (Lipinski definition) is 1. The first-order valence-electron chi connectivity index (χ1n) is 3.91. The molecule has 0 aliphatic heterocycles. The summed E-state index contributed by atoms with van der Waals surface area (Å²) in [6.45, 7) is 7.34. The fourth-order valence-electron chi connectivity index (χ4n) is 0.929. The SMILES string of the molecule is [CH2]C(CS(=O)(=O)O)(OCC)OCC. The van der Waals surface area contributed by atoms with E-state index in [1.165, 1.54) is 0 Å². The van der Waals surface area contributed by atoms with E-state index in [-0.39, 0.29) is 13.2 Å². The van der Waals surface area contributed by atoms with Gasteiger partial charge in [-0.3, -0.25) is 4.55 Å². The molecule has 0 saturated carbocycles. The second-order valence-corrected chi connectivity index (χ2v) is 3.96. The number of hydrogen-bond acceptors (Lipinski definition) is 4. The van der Waals surface area contributed by atoms with Crippen molar-refractivity contribution in [1.82, 2.24) is 0 Å². The van der Waals surface area contributed by atoms with Crippen LogP contribution in [0.1, 0.15) is 13.8 Å². The lowest BCUT2D eigenvalue weighted by molar-refractivity contribution is -0.186. The molecule has 0 spiro atoms. The van der Waals surface area contributed by atoms with Gasteiger partial charge in [-0.2, -0.15) is 8.42 Å².